The van der Waals surface area contributed by atoms with Crippen molar-refractivity contribution in [3.05, 3.63) is 29.3 Å². The Labute approximate surface area is 122 Å². The fourth-order valence-corrected chi connectivity index (χ4v) is 2.69. The van der Waals surface area contributed by atoms with E-state index in [1.54, 1.807) is 0 Å². The monoisotopic (exact) mass is 277 g/mol. The van der Waals surface area contributed by atoms with Crippen LogP contribution in [0.4, 0.5) is 0 Å². The van der Waals surface area contributed by atoms with Crippen LogP contribution in [0.15, 0.2) is 18.2 Å². The Balaban J connectivity index is 1.78. The fraction of sp³-hybridized carbons (Fsp3) is 0.647. The van der Waals surface area contributed by atoms with Gasteiger partial charge in [0.15, 0.2) is 0 Å². The van der Waals surface area contributed by atoms with Crippen LogP contribution in [0.1, 0.15) is 43.9 Å². The second-order valence-corrected chi connectivity index (χ2v) is 5.85. The maximum Gasteiger partial charge on any atom is 0.122 e. The first-order valence-electron chi connectivity index (χ1n) is 7.72. The predicted octanol–water partition coefficient (Wildman–Crippen LogP) is 3.33. The first-order chi connectivity index (χ1) is 9.72. The molecule has 0 aromatic heterocycles. The van der Waals surface area contributed by atoms with Gasteiger partial charge < -0.3 is 14.8 Å². The van der Waals surface area contributed by atoms with Crippen LogP contribution in [0.3, 0.4) is 0 Å². The minimum absolute atomic E-state index is 0.482. The Kier molecular flexibility index (Phi) is 5.86. The number of hydrogen-bond donors (Lipinski definition) is 1. The molecular formula is C17H27NO2. The fourth-order valence-electron chi connectivity index (χ4n) is 2.69. The molecule has 0 saturated heterocycles. The summed E-state index contributed by atoms with van der Waals surface area (Å²) >= 11 is 0. The Morgan fingerprint density at radius 3 is 2.85 bits per heavy atom. The number of fused-ring (bicyclic) bond motifs is 1. The van der Waals surface area contributed by atoms with Crippen molar-refractivity contribution in [1.82, 2.24) is 5.32 Å². The molecule has 1 aromatic rings. The van der Waals surface area contributed by atoms with Gasteiger partial charge in [-0.05, 0) is 49.4 Å². The lowest BCUT2D eigenvalue weighted by Crippen LogP contribution is -2.13. The van der Waals surface area contributed by atoms with E-state index in [0.29, 0.717) is 25.2 Å². The van der Waals surface area contributed by atoms with Gasteiger partial charge in [-0.1, -0.05) is 26.0 Å². The lowest BCUT2D eigenvalue weighted by molar-refractivity contribution is 0.0923. The van der Waals surface area contributed by atoms with Crippen LogP contribution in [0.25, 0.3) is 0 Å². The minimum Gasteiger partial charge on any atom is -0.491 e. The van der Waals surface area contributed by atoms with Gasteiger partial charge in [0, 0.05) is 12.6 Å². The maximum atomic E-state index is 5.90. The summed E-state index contributed by atoms with van der Waals surface area (Å²) in [7, 11) is 2.02. The van der Waals surface area contributed by atoms with E-state index >= 15 is 0 Å². The molecule has 0 saturated carbocycles. The van der Waals surface area contributed by atoms with Gasteiger partial charge in [0.05, 0.1) is 6.61 Å². The molecular weight excluding hydrogens is 250 g/mol. The van der Waals surface area contributed by atoms with Crippen LogP contribution in [0.5, 0.6) is 5.75 Å². The van der Waals surface area contributed by atoms with Gasteiger partial charge in [0.25, 0.3) is 0 Å². The summed E-state index contributed by atoms with van der Waals surface area (Å²) in [6, 6.07) is 6.85. The molecule has 3 heteroatoms. The second-order valence-electron chi connectivity index (χ2n) is 5.85. The van der Waals surface area contributed by atoms with E-state index in [-0.39, 0.29) is 0 Å². The average Bonchev–Trinajstić information content (AvgIpc) is 2.86. The van der Waals surface area contributed by atoms with Gasteiger partial charge in [-0.3, -0.25) is 0 Å². The standard InChI is InChI=1S/C17H27NO2/c1-13(2)9-10-19-11-12-20-17-6-4-5-14-15(17)7-8-16(14)18-3/h4-6,13,16,18H,7-12H2,1-3H3. The summed E-state index contributed by atoms with van der Waals surface area (Å²) < 4.78 is 11.5. The van der Waals surface area contributed by atoms with E-state index in [2.05, 4.69) is 37.4 Å². The molecule has 1 aliphatic rings. The van der Waals surface area contributed by atoms with Gasteiger partial charge in [-0.25, -0.2) is 0 Å². The molecule has 0 spiro atoms. The highest BCUT2D eigenvalue weighted by Gasteiger charge is 2.23. The van der Waals surface area contributed by atoms with Gasteiger partial charge in [0.1, 0.15) is 12.4 Å². The highest BCUT2D eigenvalue weighted by atomic mass is 16.5. The summed E-state index contributed by atoms with van der Waals surface area (Å²) in [6.45, 7) is 6.57. The van der Waals surface area contributed by atoms with Crippen molar-refractivity contribution in [3.63, 3.8) is 0 Å². The van der Waals surface area contributed by atoms with Crippen LogP contribution in [-0.4, -0.2) is 26.9 Å². The van der Waals surface area contributed by atoms with Crippen LogP contribution >= 0.6 is 0 Å². The molecule has 0 aliphatic heterocycles. The van der Waals surface area contributed by atoms with Crippen molar-refractivity contribution in [2.45, 2.75) is 39.2 Å². The zero-order chi connectivity index (χ0) is 14.4. The molecule has 1 atom stereocenters. The van der Waals surface area contributed by atoms with E-state index in [0.717, 1.165) is 31.6 Å². The minimum atomic E-state index is 0.482. The summed E-state index contributed by atoms with van der Waals surface area (Å²) in [4.78, 5) is 0. The quantitative estimate of drug-likeness (QED) is 0.739. The normalized spacial score (nSPS) is 17.5. The lowest BCUT2D eigenvalue weighted by atomic mass is 10.1. The molecule has 1 unspecified atom stereocenters. The van der Waals surface area contributed by atoms with Crippen molar-refractivity contribution < 1.29 is 9.47 Å². The van der Waals surface area contributed by atoms with E-state index in [1.165, 1.54) is 11.1 Å². The third-order valence-electron chi connectivity index (χ3n) is 3.90. The molecule has 0 amide bonds. The van der Waals surface area contributed by atoms with Crippen LogP contribution < -0.4 is 10.1 Å². The molecule has 20 heavy (non-hydrogen) atoms. The van der Waals surface area contributed by atoms with Gasteiger partial charge >= 0.3 is 0 Å². The van der Waals surface area contributed by atoms with Gasteiger partial charge in [-0.15, -0.1) is 0 Å². The van der Waals surface area contributed by atoms with Crippen molar-refractivity contribution in [1.29, 1.82) is 0 Å². The topological polar surface area (TPSA) is 30.5 Å². The molecule has 2 rings (SSSR count). The van der Waals surface area contributed by atoms with Crippen LogP contribution in [-0.2, 0) is 11.2 Å². The first kappa shape index (κ1) is 15.3. The molecule has 0 bridgehead atoms. The van der Waals surface area contributed by atoms with Crippen LogP contribution in [0, 0.1) is 5.92 Å². The Morgan fingerprint density at radius 1 is 1.25 bits per heavy atom. The summed E-state index contributed by atoms with van der Waals surface area (Å²) in [5, 5.41) is 3.36. The molecule has 0 heterocycles. The van der Waals surface area contributed by atoms with Crippen molar-refractivity contribution in [2.24, 2.45) is 5.92 Å². The van der Waals surface area contributed by atoms with Gasteiger partial charge in [0.2, 0.25) is 0 Å². The zero-order valence-electron chi connectivity index (χ0n) is 12.9. The smallest absolute Gasteiger partial charge is 0.122 e. The van der Waals surface area contributed by atoms with Crippen molar-refractivity contribution in [3.8, 4) is 5.75 Å². The third kappa shape index (κ3) is 3.97. The molecule has 0 radical (unpaired) electrons. The van der Waals surface area contributed by atoms with Gasteiger partial charge in [-0.2, -0.15) is 0 Å². The Hall–Kier alpha value is -1.06. The Morgan fingerprint density at radius 2 is 2.10 bits per heavy atom. The van der Waals surface area contributed by atoms with Crippen molar-refractivity contribution >= 4 is 0 Å². The number of hydrogen-bond acceptors (Lipinski definition) is 3. The number of rotatable bonds is 8. The molecule has 1 aromatic carbocycles. The maximum absolute atomic E-state index is 5.90. The first-order valence-corrected chi connectivity index (χ1v) is 7.72. The lowest BCUT2D eigenvalue weighted by Gasteiger charge is -2.13. The zero-order valence-corrected chi connectivity index (χ0v) is 12.9. The van der Waals surface area contributed by atoms with E-state index in [9.17, 15) is 0 Å². The number of benzene rings is 1. The Bertz CT molecular complexity index is 417. The molecule has 1 aliphatic carbocycles. The van der Waals surface area contributed by atoms with E-state index < -0.39 is 0 Å². The molecule has 1 N–H and O–H groups in total. The third-order valence-corrected chi connectivity index (χ3v) is 3.90. The summed E-state index contributed by atoms with van der Waals surface area (Å²) in [5.41, 5.74) is 2.76. The summed E-state index contributed by atoms with van der Waals surface area (Å²) in [5.74, 6) is 1.74. The highest BCUT2D eigenvalue weighted by molar-refractivity contribution is 5.45. The number of ether oxygens (including phenoxy) is 2. The molecule has 3 nitrogen and oxygen atoms in total. The van der Waals surface area contributed by atoms with E-state index in [1.807, 2.05) is 7.05 Å². The molecule has 112 valence electrons. The SMILES string of the molecule is CNC1CCc2c(OCCOCCC(C)C)cccc21. The largest absolute Gasteiger partial charge is 0.491 e. The van der Waals surface area contributed by atoms with Crippen LogP contribution in [0.2, 0.25) is 0 Å². The predicted molar refractivity (Wildman–Crippen MR) is 82.3 cm³/mol. The number of nitrogens with one attached hydrogen (secondary N) is 1. The summed E-state index contributed by atoms with van der Waals surface area (Å²) in [6.07, 6.45) is 3.38. The second kappa shape index (κ2) is 7.65. The van der Waals surface area contributed by atoms with E-state index in [4.69, 9.17) is 9.47 Å². The highest BCUT2D eigenvalue weighted by Crippen LogP contribution is 2.36. The average molecular weight is 277 g/mol. The van der Waals surface area contributed by atoms with Crippen molar-refractivity contribution in [2.75, 3.05) is 26.9 Å². The molecule has 0 fully saturated rings.